The molecule has 1 aromatic heterocycles. The van der Waals surface area contributed by atoms with E-state index in [-0.39, 0.29) is 5.92 Å². The molecule has 2 nitrogen and oxygen atoms in total. The molecule has 0 fully saturated rings. The van der Waals surface area contributed by atoms with E-state index in [9.17, 15) is 9.50 Å². The average Bonchev–Trinajstić information content (AvgIpc) is 2.39. The quantitative estimate of drug-likeness (QED) is 0.895. The predicted molar refractivity (Wildman–Crippen MR) is 68.6 cm³/mol. The van der Waals surface area contributed by atoms with Crippen LogP contribution in [0.1, 0.15) is 36.5 Å². The van der Waals surface area contributed by atoms with Crippen molar-refractivity contribution in [3.8, 4) is 0 Å². The highest BCUT2D eigenvalue weighted by atomic mass is 19.1. The molecule has 0 amide bonds. The number of nitrogens with zero attached hydrogens (tertiary/aromatic N) is 1. The molecule has 0 aliphatic rings. The summed E-state index contributed by atoms with van der Waals surface area (Å²) in [5, 5.41) is 10.1. The van der Waals surface area contributed by atoms with Gasteiger partial charge in [0.15, 0.2) is 0 Å². The Balaban J connectivity index is 2.05. The molecule has 2 aromatic rings. The lowest BCUT2D eigenvalue weighted by Gasteiger charge is -2.16. The van der Waals surface area contributed by atoms with E-state index in [0.29, 0.717) is 12.0 Å². The van der Waals surface area contributed by atoms with E-state index in [2.05, 4.69) is 4.98 Å². The summed E-state index contributed by atoms with van der Waals surface area (Å²) in [6.07, 6.45) is 2.50. The SMILES string of the molecule is CC(CC(O)c1cncc(F)c1)c1ccccc1. The number of hydrogen-bond donors (Lipinski definition) is 1. The van der Waals surface area contributed by atoms with Gasteiger partial charge in [0, 0.05) is 11.8 Å². The zero-order valence-corrected chi connectivity index (χ0v) is 10.3. The monoisotopic (exact) mass is 245 g/mol. The summed E-state index contributed by atoms with van der Waals surface area (Å²) in [5.41, 5.74) is 1.69. The van der Waals surface area contributed by atoms with Gasteiger partial charge in [-0.3, -0.25) is 4.98 Å². The van der Waals surface area contributed by atoms with Gasteiger partial charge in [-0.05, 0) is 24.0 Å². The van der Waals surface area contributed by atoms with Crippen LogP contribution in [0.2, 0.25) is 0 Å². The van der Waals surface area contributed by atoms with Crippen molar-refractivity contribution in [1.29, 1.82) is 0 Å². The van der Waals surface area contributed by atoms with Gasteiger partial charge in [-0.2, -0.15) is 0 Å². The fraction of sp³-hybridized carbons (Fsp3) is 0.267. The number of aliphatic hydroxyl groups excluding tert-OH is 1. The number of benzene rings is 1. The van der Waals surface area contributed by atoms with Gasteiger partial charge in [-0.15, -0.1) is 0 Å². The van der Waals surface area contributed by atoms with E-state index in [4.69, 9.17) is 0 Å². The largest absolute Gasteiger partial charge is 0.388 e. The van der Waals surface area contributed by atoms with Crippen LogP contribution in [-0.2, 0) is 0 Å². The Labute approximate surface area is 106 Å². The third-order valence-electron chi connectivity index (χ3n) is 3.06. The highest BCUT2D eigenvalue weighted by Gasteiger charge is 2.14. The third-order valence-corrected chi connectivity index (χ3v) is 3.06. The topological polar surface area (TPSA) is 33.1 Å². The zero-order chi connectivity index (χ0) is 13.0. The summed E-state index contributed by atoms with van der Waals surface area (Å²) in [5.74, 6) is -0.205. The van der Waals surface area contributed by atoms with Gasteiger partial charge < -0.3 is 5.11 Å². The molecular formula is C15H16FNO. The van der Waals surface area contributed by atoms with Crippen LogP contribution in [0, 0.1) is 5.82 Å². The summed E-state index contributed by atoms with van der Waals surface area (Å²) in [6, 6.07) is 11.3. The van der Waals surface area contributed by atoms with Crippen molar-refractivity contribution in [1.82, 2.24) is 4.98 Å². The Morgan fingerprint density at radius 1 is 1.17 bits per heavy atom. The van der Waals surface area contributed by atoms with Crippen LogP contribution in [0.4, 0.5) is 4.39 Å². The first-order valence-electron chi connectivity index (χ1n) is 6.00. The molecule has 1 aromatic carbocycles. The van der Waals surface area contributed by atoms with Crippen LogP contribution in [0.5, 0.6) is 0 Å². The van der Waals surface area contributed by atoms with E-state index in [1.807, 2.05) is 37.3 Å². The number of halogens is 1. The van der Waals surface area contributed by atoms with Crippen molar-refractivity contribution < 1.29 is 9.50 Å². The number of pyridine rings is 1. The van der Waals surface area contributed by atoms with Crippen LogP contribution in [0.15, 0.2) is 48.8 Å². The van der Waals surface area contributed by atoms with Gasteiger partial charge in [0.1, 0.15) is 5.82 Å². The third kappa shape index (κ3) is 3.14. The lowest BCUT2D eigenvalue weighted by atomic mass is 9.93. The van der Waals surface area contributed by atoms with Crippen molar-refractivity contribution in [2.75, 3.05) is 0 Å². The Morgan fingerprint density at radius 2 is 1.89 bits per heavy atom. The predicted octanol–water partition coefficient (Wildman–Crippen LogP) is 3.45. The van der Waals surface area contributed by atoms with Crippen molar-refractivity contribution in [2.45, 2.75) is 25.4 Å². The molecule has 2 unspecified atom stereocenters. The smallest absolute Gasteiger partial charge is 0.141 e. The Bertz CT molecular complexity index is 501. The summed E-state index contributed by atoms with van der Waals surface area (Å²) >= 11 is 0. The molecule has 0 radical (unpaired) electrons. The molecule has 0 aliphatic heterocycles. The molecule has 18 heavy (non-hydrogen) atoms. The molecule has 0 saturated carbocycles. The van der Waals surface area contributed by atoms with Gasteiger partial charge in [0.2, 0.25) is 0 Å². The minimum absolute atomic E-state index is 0.212. The van der Waals surface area contributed by atoms with E-state index < -0.39 is 11.9 Å². The fourth-order valence-corrected chi connectivity index (χ4v) is 2.00. The maximum absolute atomic E-state index is 13.0. The molecule has 0 bridgehead atoms. The standard InChI is InChI=1S/C15H16FNO/c1-11(12-5-3-2-4-6-12)7-15(18)13-8-14(16)10-17-9-13/h2-6,8-11,15,18H,7H2,1H3. The summed E-state index contributed by atoms with van der Waals surface area (Å²) < 4.78 is 13.0. The van der Waals surface area contributed by atoms with Gasteiger partial charge in [0.25, 0.3) is 0 Å². The van der Waals surface area contributed by atoms with Gasteiger partial charge in [0.05, 0.1) is 12.3 Å². The Hall–Kier alpha value is -1.74. The first-order valence-corrected chi connectivity index (χ1v) is 6.00. The second-order valence-electron chi connectivity index (χ2n) is 4.50. The zero-order valence-electron chi connectivity index (χ0n) is 10.3. The maximum Gasteiger partial charge on any atom is 0.141 e. The van der Waals surface area contributed by atoms with Crippen LogP contribution in [0.25, 0.3) is 0 Å². The van der Waals surface area contributed by atoms with Crippen LogP contribution < -0.4 is 0 Å². The van der Waals surface area contributed by atoms with Crippen molar-refractivity contribution in [3.05, 3.63) is 65.7 Å². The van der Waals surface area contributed by atoms with Crippen molar-refractivity contribution >= 4 is 0 Å². The normalized spacial score (nSPS) is 14.2. The first kappa shape index (κ1) is 12.7. The number of hydrogen-bond acceptors (Lipinski definition) is 2. The highest BCUT2D eigenvalue weighted by molar-refractivity contribution is 5.20. The van der Waals surface area contributed by atoms with Crippen LogP contribution in [-0.4, -0.2) is 10.1 Å². The van der Waals surface area contributed by atoms with Gasteiger partial charge >= 0.3 is 0 Å². The Kier molecular flexibility index (Phi) is 4.05. The maximum atomic E-state index is 13.0. The van der Waals surface area contributed by atoms with E-state index >= 15 is 0 Å². The summed E-state index contributed by atoms with van der Waals surface area (Å²) in [4.78, 5) is 3.75. The van der Waals surface area contributed by atoms with Crippen LogP contribution in [0.3, 0.4) is 0 Å². The molecule has 94 valence electrons. The number of rotatable bonds is 4. The fourth-order valence-electron chi connectivity index (χ4n) is 2.00. The second kappa shape index (κ2) is 5.74. The highest BCUT2D eigenvalue weighted by Crippen LogP contribution is 2.27. The molecule has 2 rings (SSSR count). The van der Waals surface area contributed by atoms with E-state index in [1.165, 1.54) is 17.8 Å². The van der Waals surface area contributed by atoms with Gasteiger partial charge in [-0.1, -0.05) is 37.3 Å². The van der Waals surface area contributed by atoms with Crippen molar-refractivity contribution in [2.24, 2.45) is 0 Å². The Morgan fingerprint density at radius 3 is 2.56 bits per heavy atom. The second-order valence-corrected chi connectivity index (χ2v) is 4.50. The average molecular weight is 245 g/mol. The molecule has 0 spiro atoms. The number of aliphatic hydroxyl groups is 1. The van der Waals surface area contributed by atoms with E-state index in [0.717, 1.165) is 6.20 Å². The lowest BCUT2D eigenvalue weighted by molar-refractivity contribution is 0.159. The minimum Gasteiger partial charge on any atom is -0.388 e. The molecule has 3 heteroatoms. The number of aromatic nitrogens is 1. The molecular weight excluding hydrogens is 229 g/mol. The summed E-state index contributed by atoms with van der Waals surface area (Å²) in [6.45, 7) is 2.05. The molecule has 0 aliphatic carbocycles. The summed E-state index contributed by atoms with van der Waals surface area (Å²) in [7, 11) is 0. The first-order chi connectivity index (χ1) is 8.66. The molecule has 0 saturated heterocycles. The lowest BCUT2D eigenvalue weighted by Crippen LogP contribution is -2.04. The van der Waals surface area contributed by atoms with Crippen molar-refractivity contribution in [3.63, 3.8) is 0 Å². The van der Waals surface area contributed by atoms with Crippen LogP contribution >= 0.6 is 0 Å². The molecule has 1 heterocycles. The van der Waals surface area contributed by atoms with E-state index in [1.54, 1.807) is 0 Å². The molecule has 1 N–H and O–H groups in total. The van der Waals surface area contributed by atoms with Gasteiger partial charge in [-0.25, -0.2) is 4.39 Å². The molecule has 2 atom stereocenters. The minimum atomic E-state index is -0.691.